The number of rotatable bonds is 4. The molecular formula is C18H16N2O2. The van der Waals surface area contributed by atoms with E-state index in [0.29, 0.717) is 0 Å². The number of aromatic nitrogens is 1. The zero-order valence-electron chi connectivity index (χ0n) is 12.0. The largest absolute Gasteiger partial charge is 0.361 e. The maximum absolute atomic E-state index is 12.0. The van der Waals surface area contributed by atoms with Crippen molar-refractivity contribution >= 4 is 22.7 Å². The number of carbonyl (C=O) groups is 2. The molecule has 110 valence electrons. The first-order valence-electron chi connectivity index (χ1n) is 7.14. The molecule has 0 bridgehead atoms. The van der Waals surface area contributed by atoms with Crippen LogP contribution >= 0.6 is 0 Å². The van der Waals surface area contributed by atoms with Crippen LogP contribution in [-0.4, -0.2) is 16.8 Å². The summed E-state index contributed by atoms with van der Waals surface area (Å²) >= 11 is 0. The maximum Gasteiger partial charge on any atom is 0.231 e. The van der Waals surface area contributed by atoms with E-state index in [1.165, 1.54) is 0 Å². The molecule has 2 amide bonds. The van der Waals surface area contributed by atoms with E-state index in [0.717, 1.165) is 22.0 Å². The Balaban J connectivity index is 1.61. The van der Waals surface area contributed by atoms with Gasteiger partial charge in [-0.3, -0.25) is 14.9 Å². The minimum Gasteiger partial charge on any atom is -0.361 e. The molecule has 0 aliphatic carbocycles. The van der Waals surface area contributed by atoms with Gasteiger partial charge in [0.1, 0.15) is 0 Å². The Morgan fingerprint density at radius 3 is 2.36 bits per heavy atom. The molecule has 0 spiro atoms. The highest BCUT2D eigenvalue weighted by Crippen LogP contribution is 2.17. The number of benzene rings is 2. The lowest BCUT2D eigenvalue weighted by Crippen LogP contribution is -2.32. The molecular weight excluding hydrogens is 276 g/mol. The van der Waals surface area contributed by atoms with Gasteiger partial charge in [0.25, 0.3) is 0 Å². The Kier molecular flexibility index (Phi) is 4.01. The number of hydrogen-bond acceptors (Lipinski definition) is 2. The third-order valence-electron chi connectivity index (χ3n) is 3.51. The summed E-state index contributed by atoms with van der Waals surface area (Å²) in [5.41, 5.74) is 2.77. The fourth-order valence-corrected chi connectivity index (χ4v) is 2.48. The van der Waals surface area contributed by atoms with Crippen LogP contribution in [0.1, 0.15) is 11.1 Å². The number of para-hydroxylation sites is 1. The minimum absolute atomic E-state index is 0.185. The monoisotopic (exact) mass is 292 g/mol. The zero-order chi connectivity index (χ0) is 15.4. The first kappa shape index (κ1) is 14.1. The van der Waals surface area contributed by atoms with E-state index in [4.69, 9.17) is 0 Å². The second-order valence-electron chi connectivity index (χ2n) is 5.17. The van der Waals surface area contributed by atoms with E-state index >= 15 is 0 Å². The van der Waals surface area contributed by atoms with Gasteiger partial charge >= 0.3 is 0 Å². The number of aromatic amines is 1. The van der Waals surface area contributed by atoms with Gasteiger partial charge in [-0.2, -0.15) is 0 Å². The molecule has 1 heterocycles. The lowest BCUT2D eigenvalue weighted by molar-refractivity contribution is -0.129. The van der Waals surface area contributed by atoms with Crippen LogP contribution in [0.5, 0.6) is 0 Å². The summed E-state index contributed by atoms with van der Waals surface area (Å²) in [6.07, 6.45) is 2.21. The van der Waals surface area contributed by atoms with Crippen LogP contribution in [-0.2, 0) is 22.4 Å². The van der Waals surface area contributed by atoms with Crippen LogP contribution in [0.25, 0.3) is 10.9 Å². The molecule has 0 unspecified atom stereocenters. The number of amides is 2. The zero-order valence-corrected chi connectivity index (χ0v) is 12.0. The summed E-state index contributed by atoms with van der Waals surface area (Å²) in [5, 5.41) is 3.45. The van der Waals surface area contributed by atoms with E-state index < -0.39 is 0 Å². The average molecular weight is 292 g/mol. The van der Waals surface area contributed by atoms with E-state index in [1.54, 1.807) is 0 Å². The second-order valence-corrected chi connectivity index (χ2v) is 5.17. The molecule has 3 aromatic rings. The quantitative estimate of drug-likeness (QED) is 0.776. The van der Waals surface area contributed by atoms with Gasteiger partial charge in [0.2, 0.25) is 11.8 Å². The van der Waals surface area contributed by atoms with Crippen LogP contribution in [0, 0.1) is 0 Å². The van der Waals surface area contributed by atoms with Crippen molar-refractivity contribution in [2.75, 3.05) is 0 Å². The van der Waals surface area contributed by atoms with Crippen molar-refractivity contribution in [1.82, 2.24) is 10.3 Å². The van der Waals surface area contributed by atoms with E-state index in [-0.39, 0.29) is 24.7 Å². The van der Waals surface area contributed by atoms with Crippen LogP contribution in [0.4, 0.5) is 0 Å². The van der Waals surface area contributed by atoms with Gasteiger partial charge in [-0.15, -0.1) is 0 Å². The normalized spacial score (nSPS) is 10.5. The summed E-state index contributed by atoms with van der Waals surface area (Å²) in [6.45, 7) is 0. The van der Waals surface area contributed by atoms with Crippen molar-refractivity contribution < 1.29 is 9.59 Å². The molecule has 3 rings (SSSR count). The summed E-state index contributed by atoms with van der Waals surface area (Å²) in [5.74, 6) is -0.568. The molecule has 0 saturated carbocycles. The predicted octanol–water partition coefficient (Wildman–Crippen LogP) is 2.60. The second kappa shape index (κ2) is 6.26. The SMILES string of the molecule is O=C(Cc1ccccc1)NC(=O)Cc1c[nH]c2ccccc12. The number of H-pyrrole nitrogens is 1. The van der Waals surface area contributed by atoms with Gasteiger partial charge in [-0.05, 0) is 17.2 Å². The Morgan fingerprint density at radius 1 is 0.864 bits per heavy atom. The van der Waals surface area contributed by atoms with Crippen molar-refractivity contribution in [2.24, 2.45) is 0 Å². The Labute approximate surface area is 128 Å². The summed E-state index contributed by atoms with van der Waals surface area (Å²) in [4.78, 5) is 27.0. The molecule has 0 atom stereocenters. The average Bonchev–Trinajstić information content (AvgIpc) is 2.91. The highest BCUT2D eigenvalue weighted by molar-refractivity contribution is 5.98. The van der Waals surface area contributed by atoms with Gasteiger partial charge < -0.3 is 4.98 Å². The standard InChI is InChI=1S/C18H16N2O2/c21-17(10-13-6-2-1-3-7-13)20-18(22)11-14-12-19-16-9-5-4-8-15(14)16/h1-9,12,19H,10-11H2,(H,20,21,22). The lowest BCUT2D eigenvalue weighted by atomic mass is 10.1. The summed E-state index contributed by atoms with van der Waals surface area (Å²) in [6, 6.07) is 17.1. The summed E-state index contributed by atoms with van der Waals surface area (Å²) < 4.78 is 0. The van der Waals surface area contributed by atoms with Crippen LogP contribution in [0.3, 0.4) is 0 Å². The molecule has 22 heavy (non-hydrogen) atoms. The number of imide groups is 1. The molecule has 4 nitrogen and oxygen atoms in total. The maximum atomic E-state index is 12.0. The van der Waals surface area contributed by atoms with Crippen LogP contribution < -0.4 is 5.32 Å². The highest BCUT2D eigenvalue weighted by Gasteiger charge is 2.12. The van der Waals surface area contributed by atoms with Crippen molar-refractivity contribution in [3.8, 4) is 0 Å². The van der Waals surface area contributed by atoms with Gasteiger partial charge in [0.15, 0.2) is 0 Å². The number of fused-ring (bicyclic) bond motifs is 1. The van der Waals surface area contributed by atoms with Crippen LogP contribution in [0.15, 0.2) is 60.8 Å². The van der Waals surface area contributed by atoms with Crippen molar-refractivity contribution in [1.29, 1.82) is 0 Å². The van der Waals surface area contributed by atoms with E-state index in [9.17, 15) is 9.59 Å². The third-order valence-corrected chi connectivity index (χ3v) is 3.51. The van der Waals surface area contributed by atoms with E-state index in [1.807, 2.05) is 60.8 Å². The highest BCUT2D eigenvalue weighted by atomic mass is 16.2. The molecule has 0 aliphatic heterocycles. The number of carbonyl (C=O) groups excluding carboxylic acids is 2. The Hall–Kier alpha value is -2.88. The lowest BCUT2D eigenvalue weighted by Gasteiger charge is -2.04. The first-order valence-corrected chi connectivity index (χ1v) is 7.14. The fourth-order valence-electron chi connectivity index (χ4n) is 2.48. The number of nitrogens with one attached hydrogen (secondary N) is 2. The molecule has 1 aromatic heterocycles. The molecule has 2 aromatic carbocycles. The van der Waals surface area contributed by atoms with Gasteiger partial charge in [0, 0.05) is 17.1 Å². The summed E-state index contributed by atoms with van der Waals surface area (Å²) in [7, 11) is 0. The molecule has 0 saturated heterocycles. The molecule has 0 radical (unpaired) electrons. The smallest absolute Gasteiger partial charge is 0.231 e. The van der Waals surface area contributed by atoms with Gasteiger partial charge in [-0.1, -0.05) is 48.5 Å². The third kappa shape index (κ3) is 3.23. The minimum atomic E-state index is -0.286. The molecule has 4 heteroatoms. The van der Waals surface area contributed by atoms with E-state index in [2.05, 4.69) is 10.3 Å². The van der Waals surface area contributed by atoms with Gasteiger partial charge in [0.05, 0.1) is 12.8 Å². The first-order chi connectivity index (χ1) is 10.7. The Morgan fingerprint density at radius 2 is 1.55 bits per heavy atom. The van der Waals surface area contributed by atoms with Gasteiger partial charge in [-0.25, -0.2) is 0 Å². The topological polar surface area (TPSA) is 62.0 Å². The number of hydrogen-bond donors (Lipinski definition) is 2. The molecule has 0 aliphatic rings. The van der Waals surface area contributed by atoms with Crippen molar-refractivity contribution in [3.05, 3.63) is 71.9 Å². The fraction of sp³-hybridized carbons (Fsp3) is 0.111. The van der Waals surface area contributed by atoms with Crippen molar-refractivity contribution in [2.45, 2.75) is 12.8 Å². The molecule has 0 fully saturated rings. The van der Waals surface area contributed by atoms with Crippen LogP contribution in [0.2, 0.25) is 0 Å². The Bertz CT molecular complexity index is 806. The van der Waals surface area contributed by atoms with Crippen molar-refractivity contribution in [3.63, 3.8) is 0 Å². The molecule has 2 N–H and O–H groups in total. The predicted molar refractivity (Wildman–Crippen MR) is 85.3 cm³/mol.